The second-order valence-corrected chi connectivity index (χ2v) is 7.69. The van der Waals surface area contributed by atoms with E-state index in [0.717, 1.165) is 24.7 Å². The Bertz CT molecular complexity index is 524. The van der Waals surface area contributed by atoms with Gasteiger partial charge in [-0.2, -0.15) is 5.10 Å². The van der Waals surface area contributed by atoms with Crippen LogP contribution in [0.3, 0.4) is 0 Å². The minimum absolute atomic E-state index is 0.387. The van der Waals surface area contributed by atoms with Crippen LogP contribution in [0.4, 0.5) is 0 Å². The standard InChI is InChI=1S/C17H29N5/c1-21-15(19-16(20-21)13-6-7-13)11-22-10-3-2-5-14(22)17(12-18)8-4-9-17/h13-14H,2-12,18H2,1H3. The van der Waals surface area contributed by atoms with E-state index >= 15 is 0 Å². The molecule has 2 N–H and O–H groups in total. The molecule has 0 amide bonds. The van der Waals surface area contributed by atoms with Crippen LogP contribution in [0.2, 0.25) is 0 Å². The van der Waals surface area contributed by atoms with Gasteiger partial charge in [0.1, 0.15) is 5.82 Å². The number of aryl methyl sites for hydroxylation is 1. The summed E-state index contributed by atoms with van der Waals surface area (Å²) in [5.41, 5.74) is 6.56. The number of rotatable bonds is 5. The molecule has 2 aliphatic carbocycles. The molecular weight excluding hydrogens is 274 g/mol. The SMILES string of the molecule is Cn1nc(C2CC2)nc1CN1CCCCC1C1(CN)CCC1. The monoisotopic (exact) mass is 303 g/mol. The number of nitrogens with zero attached hydrogens (tertiary/aromatic N) is 4. The zero-order chi connectivity index (χ0) is 15.2. The average Bonchev–Trinajstić information content (AvgIpc) is 3.26. The minimum Gasteiger partial charge on any atom is -0.330 e. The third-order valence-corrected chi connectivity index (χ3v) is 6.23. The Morgan fingerprint density at radius 1 is 1.18 bits per heavy atom. The Kier molecular flexibility index (Phi) is 3.73. The number of nitrogens with two attached hydrogens (primary N) is 1. The Morgan fingerprint density at radius 3 is 2.64 bits per heavy atom. The first-order chi connectivity index (χ1) is 10.7. The fraction of sp³-hybridized carbons (Fsp3) is 0.882. The van der Waals surface area contributed by atoms with Crippen molar-refractivity contribution in [1.29, 1.82) is 0 Å². The fourth-order valence-electron chi connectivity index (χ4n) is 4.45. The molecule has 0 spiro atoms. The highest BCUT2D eigenvalue weighted by Crippen LogP contribution is 2.48. The van der Waals surface area contributed by atoms with E-state index in [1.54, 1.807) is 0 Å². The van der Waals surface area contributed by atoms with Crippen molar-refractivity contribution in [3.63, 3.8) is 0 Å². The topological polar surface area (TPSA) is 60.0 Å². The van der Waals surface area contributed by atoms with Crippen LogP contribution < -0.4 is 5.73 Å². The average molecular weight is 303 g/mol. The molecule has 122 valence electrons. The zero-order valence-electron chi connectivity index (χ0n) is 13.8. The first-order valence-corrected chi connectivity index (χ1v) is 9.06. The van der Waals surface area contributed by atoms with Crippen LogP contribution in [0.15, 0.2) is 0 Å². The van der Waals surface area contributed by atoms with E-state index in [1.165, 1.54) is 57.9 Å². The van der Waals surface area contributed by atoms with Gasteiger partial charge in [-0.25, -0.2) is 4.98 Å². The molecule has 1 saturated heterocycles. The second-order valence-electron chi connectivity index (χ2n) is 7.69. The van der Waals surface area contributed by atoms with Crippen LogP contribution in [0.25, 0.3) is 0 Å². The summed E-state index contributed by atoms with van der Waals surface area (Å²) in [5.74, 6) is 2.85. The number of aromatic nitrogens is 3. The molecule has 22 heavy (non-hydrogen) atoms. The van der Waals surface area contributed by atoms with E-state index in [4.69, 9.17) is 10.7 Å². The van der Waals surface area contributed by atoms with Gasteiger partial charge in [-0.1, -0.05) is 12.8 Å². The summed E-state index contributed by atoms with van der Waals surface area (Å²) < 4.78 is 2.01. The molecule has 0 radical (unpaired) electrons. The second kappa shape index (κ2) is 5.60. The molecule has 1 aromatic heterocycles. The van der Waals surface area contributed by atoms with Gasteiger partial charge in [-0.05, 0) is 57.0 Å². The van der Waals surface area contributed by atoms with Gasteiger partial charge in [0.2, 0.25) is 0 Å². The van der Waals surface area contributed by atoms with Crippen molar-refractivity contribution < 1.29 is 0 Å². The Labute approximate surface area is 133 Å². The maximum Gasteiger partial charge on any atom is 0.154 e. The van der Waals surface area contributed by atoms with Crippen LogP contribution in [-0.4, -0.2) is 38.8 Å². The quantitative estimate of drug-likeness (QED) is 0.905. The van der Waals surface area contributed by atoms with Gasteiger partial charge in [0.05, 0.1) is 6.54 Å². The smallest absolute Gasteiger partial charge is 0.154 e. The summed E-state index contributed by atoms with van der Waals surface area (Å²) in [6.45, 7) is 2.99. The predicted octanol–water partition coefficient (Wildman–Crippen LogP) is 2.18. The van der Waals surface area contributed by atoms with Crippen LogP contribution in [0, 0.1) is 5.41 Å². The van der Waals surface area contributed by atoms with E-state index in [1.807, 2.05) is 4.68 Å². The molecule has 2 saturated carbocycles. The molecule has 5 heteroatoms. The number of hydrogen-bond acceptors (Lipinski definition) is 4. The van der Waals surface area contributed by atoms with Gasteiger partial charge < -0.3 is 5.73 Å². The molecule has 0 bridgehead atoms. The Hall–Kier alpha value is -0.940. The van der Waals surface area contributed by atoms with Crippen molar-refractivity contribution in [1.82, 2.24) is 19.7 Å². The third kappa shape index (κ3) is 2.48. The van der Waals surface area contributed by atoms with Gasteiger partial charge in [0.25, 0.3) is 0 Å². The first kappa shape index (κ1) is 14.6. The summed E-state index contributed by atoms with van der Waals surface area (Å²) >= 11 is 0. The molecule has 1 atom stereocenters. The number of likely N-dealkylation sites (tertiary alicyclic amines) is 1. The molecule has 2 heterocycles. The van der Waals surface area contributed by atoms with E-state index in [0.29, 0.717) is 17.4 Å². The number of hydrogen-bond donors (Lipinski definition) is 1. The lowest BCUT2D eigenvalue weighted by Crippen LogP contribution is -2.56. The van der Waals surface area contributed by atoms with Gasteiger partial charge in [-0.15, -0.1) is 0 Å². The van der Waals surface area contributed by atoms with Gasteiger partial charge >= 0.3 is 0 Å². The van der Waals surface area contributed by atoms with Crippen LogP contribution in [0.1, 0.15) is 68.9 Å². The van der Waals surface area contributed by atoms with Gasteiger partial charge in [0.15, 0.2) is 5.82 Å². The molecule has 3 aliphatic rings. The Balaban J connectivity index is 1.52. The van der Waals surface area contributed by atoms with Gasteiger partial charge in [0, 0.05) is 19.0 Å². The van der Waals surface area contributed by atoms with Crippen LogP contribution >= 0.6 is 0 Å². The lowest BCUT2D eigenvalue weighted by atomic mass is 9.62. The molecule has 3 fully saturated rings. The number of piperidine rings is 1. The minimum atomic E-state index is 0.387. The summed E-state index contributed by atoms with van der Waals surface area (Å²) in [4.78, 5) is 7.49. The van der Waals surface area contributed by atoms with E-state index in [9.17, 15) is 0 Å². The molecule has 5 nitrogen and oxygen atoms in total. The molecular formula is C17H29N5. The molecule has 0 aromatic carbocycles. The van der Waals surface area contributed by atoms with Crippen molar-refractivity contribution in [3.8, 4) is 0 Å². The van der Waals surface area contributed by atoms with Gasteiger partial charge in [-0.3, -0.25) is 9.58 Å². The van der Waals surface area contributed by atoms with Crippen molar-refractivity contribution in [2.24, 2.45) is 18.2 Å². The van der Waals surface area contributed by atoms with E-state index in [-0.39, 0.29) is 0 Å². The summed E-state index contributed by atoms with van der Waals surface area (Å²) in [6, 6.07) is 0.654. The highest BCUT2D eigenvalue weighted by molar-refractivity contribution is 5.07. The summed E-state index contributed by atoms with van der Waals surface area (Å²) in [6.07, 6.45) is 10.5. The largest absolute Gasteiger partial charge is 0.330 e. The fourth-order valence-corrected chi connectivity index (χ4v) is 4.45. The molecule has 1 aliphatic heterocycles. The highest BCUT2D eigenvalue weighted by Gasteiger charge is 2.46. The summed E-state index contributed by atoms with van der Waals surface area (Å²) in [5, 5.41) is 4.63. The highest BCUT2D eigenvalue weighted by atomic mass is 15.4. The van der Waals surface area contributed by atoms with Crippen LogP contribution in [-0.2, 0) is 13.6 Å². The van der Waals surface area contributed by atoms with Crippen molar-refractivity contribution >= 4 is 0 Å². The Morgan fingerprint density at radius 2 is 2.00 bits per heavy atom. The van der Waals surface area contributed by atoms with Crippen molar-refractivity contribution in [3.05, 3.63) is 11.6 Å². The predicted molar refractivity (Wildman–Crippen MR) is 86.4 cm³/mol. The molecule has 1 unspecified atom stereocenters. The van der Waals surface area contributed by atoms with E-state index < -0.39 is 0 Å². The van der Waals surface area contributed by atoms with Crippen molar-refractivity contribution in [2.45, 2.75) is 69.9 Å². The lowest BCUT2D eigenvalue weighted by Gasteiger charge is -2.53. The maximum absolute atomic E-state index is 6.18. The van der Waals surface area contributed by atoms with E-state index in [2.05, 4.69) is 17.0 Å². The first-order valence-electron chi connectivity index (χ1n) is 9.06. The maximum atomic E-state index is 6.18. The molecule has 4 rings (SSSR count). The van der Waals surface area contributed by atoms with Crippen LogP contribution in [0.5, 0.6) is 0 Å². The van der Waals surface area contributed by atoms with Crippen molar-refractivity contribution in [2.75, 3.05) is 13.1 Å². The normalized spacial score (nSPS) is 28.5. The summed E-state index contributed by atoms with van der Waals surface area (Å²) in [7, 11) is 2.05. The lowest BCUT2D eigenvalue weighted by molar-refractivity contribution is -0.0221. The third-order valence-electron chi connectivity index (χ3n) is 6.23. The zero-order valence-corrected chi connectivity index (χ0v) is 13.8. The molecule has 1 aromatic rings.